The van der Waals surface area contributed by atoms with Gasteiger partial charge in [0.05, 0.1) is 10.5 Å². The number of hydrogen-bond acceptors (Lipinski definition) is 5. The number of carbonyl (C=O) groups excluding carboxylic acids is 2. The van der Waals surface area contributed by atoms with Gasteiger partial charge >= 0.3 is 5.97 Å². The Bertz CT molecular complexity index is 1010. The van der Waals surface area contributed by atoms with E-state index in [1.165, 1.54) is 43.3 Å². The first-order valence-corrected chi connectivity index (χ1v) is 10.4. The summed E-state index contributed by atoms with van der Waals surface area (Å²) in [5.74, 6) is -1.12. The highest BCUT2D eigenvalue weighted by Gasteiger charge is 2.19. The first-order chi connectivity index (χ1) is 13.6. The fourth-order valence-corrected chi connectivity index (χ4v) is 3.51. The van der Waals surface area contributed by atoms with Crippen LogP contribution >= 0.6 is 0 Å². The van der Waals surface area contributed by atoms with E-state index >= 15 is 0 Å². The third-order valence-electron chi connectivity index (χ3n) is 4.24. The molecule has 2 aromatic carbocycles. The first kappa shape index (κ1) is 22.2. The van der Waals surface area contributed by atoms with Crippen molar-refractivity contribution in [2.24, 2.45) is 0 Å². The lowest BCUT2D eigenvalue weighted by molar-refractivity contribution is -0.128. The molecule has 8 heteroatoms. The third-order valence-corrected chi connectivity index (χ3v) is 5.61. The number of sulfonamides is 1. The number of aryl methyl sites for hydroxylation is 2. The molecule has 1 atom stereocenters. The minimum Gasteiger partial charge on any atom is -0.449 e. The quantitative estimate of drug-likeness (QED) is 0.509. The van der Waals surface area contributed by atoms with Crippen LogP contribution in [0.1, 0.15) is 28.4 Å². The van der Waals surface area contributed by atoms with Crippen molar-refractivity contribution < 1.29 is 22.7 Å². The van der Waals surface area contributed by atoms with Gasteiger partial charge in [-0.1, -0.05) is 12.1 Å². The second-order valence-corrected chi connectivity index (χ2v) is 8.19. The van der Waals surface area contributed by atoms with E-state index < -0.39 is 28.0 Å². The Morgan fingerprint density at radius 1 is 1.10 bits per heavy atom. The summed E-state index contributed by atoms with van der Waals surface area (Å²) < 4.78 is 32.7. The van der Waals surface area contributed by atoms with Gasteiger partial charge in [-0.2, -0.15) is 0 Å². The van der Waals surface area contributed by atoms with Crippen LogP contribution < -0.4 is 10.0 Å². The number of anilines is 1. The second-order valence-electron chi connectivity index (χ2n) is 6.51. The Balaban J connectivity index is 2.05. The van der Waals surface area contributed by atoms with E-state index in [4.69, 9.17) is 4.74 Å². The van der Waals surface area contributed by atoms with Gasteiger partial charge in [-0.3, -0.25) is 9.52 Å². The van der Waals surface area contributed by atoms with Gasteiger partial charge < -0.3 is 10.1 Å². The van der Waals surface area contributed by atoms with Gasteiger partial charge in [0.25, 0.3) is 15.9 Å². The maximum atomic E-state index is 12.5. The monoisotopic (exact) mass is 416 g/mol. The second kappa shape index (κ2) is 9.38. The van der Waals surface area contributed by atoms with Crippen LogP contribution in [0.5, 0.6) is 0 Å². The van der Waals surface area contributed by atoms with E-state index in [-0.39, 0.29) is 17.0 Å². The van der Waals surface area contributed by atoms with E-state index in [2.05, 4.69) is 16.6 Å². The summed E-state index contributed by atoms with van der Waals surface area (Å²) in [5, 5.41) is 2.54. The van der Waals surface area contributed by atoms with Crippen molar-refractivity contribution in [2.45, 2.75) is 31.8 Å². The third kappa shape index (κ3) is 5.92. The molecule has 0 aliphatic heterocycles. The molecule has 0 heterocycles. The molecular formula is C21H24N2O5S. The standard InChI is InChI=1S/C21H24N2O5S/c1-5-12-22-20(24)16(4)28-21(25)17-7-9-18(10-8-17)23-29(26,27)19-11-6-14(2)15(3)13-19/h5-11,13,16,23H,1,12H2,2-4H3,(H,22,24)/t16-/m0/s1. The number of amides is 1. The average Bonchev–Trinajstić information content (AvgIpc) is 2.68. The molecule has 0 aliphatic rings. The van der Waals surface area contributed by atoms with E-state index in [0.717, 1.165) is 11.1 Å². The Morgan fingerprint density at radius 3 is 2.34 bits per heavy atom. The van der Waals surface area contributed by atoms with E-state index in [0.29, 0.717) is 5.69 Å². The molecule has 2 rings (SSSR count). The van der Waals surface area contributed by atoms with E-state index in [9.17, 15) is 18.0 Å². The van der Waals surface area contributed by atoms with Crippen LogP contribution in [0.2, 0.25) is 0 Å². The van der Waals surface area contributed by atoms with Crippen molar-refractivity contribution in [1.29, 1.82) is 0 Å². The summed E-state index contributed by atoms with van der Waals surface area (Å²) in [6.45, 7) is 8.97. The summed E-state index contributed by atoms with van der Waals surface area (Å²) in [5.41, 5.74) is 2.37. The first-order valence-electron chi connectivity index (χ1n) is 8.94. The van der Waals surface area contributed by atoms with Crippen LogP contribution in [0, 0.1) is 13.8 Å². The number of benzene rings is 2. The van der Waals surface area contributed by atoms with Crippen molar-refractivity contribution >= 4 is 27.6 Å². The zero-order valence-corrected chi connectivity index (χ0v) is 17.4. The van der Waals surface area contributed by atoms with Gasteiger partial charge in [0.2, 0.25) is 0 Å². The van der Waals surface area contributed by atoms with Gasteiger partial charge in [0, 0.05) is 12.2 Å². The molecule has 154 valence electrons. The molecule has 29 heavy (non-hydrogen) atoms. The molecule has 0 radical (unpaired) electrons. The molecule has 0 spiro atoms. The Morgan fingerprint density at radius 2 is 1.76 bits per heavy atom. The number of hydrogen-bond donors (Lipinski definition) is 2. The fraction of sp³-hybridized carbons (Fsp3) is 0.238. The summed E-state index contributed by atoms with van der Waals surface area (Å²) in [6.07, 6.45) is 0.551. The molecule has 0 saturated heterocycles. The molecule has 0 saturated carbocycles. The lowest BCUT2D eigenvalue weighted by Gasteiger charge is -2.13. The van der Waals surface area contributed by atoms with Gasteiger partial charge in [-0.15, -0.1) is 6.58 Å². The Hall–Kier alpha value is -3.13. The maximum absolute atomic E-state index is 12.5. The summed E-state index contributed by atoms with van der Waals surface area (Å²) in [7, 11) is -3.75. The minimum atomic E-state index is -3.75. The predicted octanol–water partition coefficient (Wildman–Crippen LogP) is 2.95. The average molecular weight is 416 g/mol. The zero-order chi connectivity index (χ0) is 21.6. The smallest absolute Gasteiger partial charge is 0.338 e. The number of esters is 1. The highest BCUT2D eigenvalue weighted by molar-refractivity contribution is 7.92. The van der Waals surface area contributed by atoms with E-state index in [1.807, 2.05) is 13.8 Å². The molecule has 0 fully saturated rings. The number of rotatable bonds is 8. The normalized spacial score (nSPS) is 12.0. The van der Waals surface area contributed by atoms with Crippen LogP contribution in [0.3, 0.4) is 0 Å². The van der Waals surface area contributed by atoms with Crippen molar-refractivity contribution in [3.05, 3.63) is 71.8 Å². The van der Waals surface area contributed by atoms with Gasteiger partial charge in [0.1, 0.15) is 0 Å². The van der Waals surface area contributed by atoms with Crippen LogP contribution in [0.25, 0.3) is 0 Å². The Labute approximate surface area is 170 Å². The predicted molar refractivity (Wildman–Crippen MR) is 111 cm³/mol. The topological polar surface area (TPSA) is 102 Å². The summed E-state index contributed by atoms with van der Waals surface area (Å²) in [6, 6.07) is 10.6. The number of ether oxygens (including phenoxy) is 1. The van der Waals surface area contributed by atoms with Crippen LogP contribution in [-0.4, -0.2) is 32.9 Å². The van der Waals surface area contributed by atoms with Gasteiger partial charge in [0.15, 0.2) is 6.10 Å². The van der Waals surface area contributed by atoms with Crippen LogP contribution in [0.4, 0.5) is 5.69 Å². The van der Waals surface area contributed by atoms with Crippen molar-refractivity contribution in [1.82, 2.24) is 5.32 Å². The van der Waals surface area contributed by atoms with Crippen molar-refractivity contribution in [3.63, 3.8) is 0 Å². The van der Waals surface area contributed by atoms with Gasteiger partial charge in [-0.25, -0.2) is 13.2 Å². The Kier molecular flexibility index (Phi) is 7.17. The fourth-order valence-electron chi connectivity index (χ4n) is 2.37. The highest BCUT2D eigenvalue weighted by atomic mass is 32.2. The molecule has 7 nitrogen and oxygen atoms in total. The van der Waals surface area contributed by atoms with E-state index in [1.54, 1.807) is 12.1 Å². The SMILES string of the molecule is C=CCNC(=O)[C@H](C)OC(=O)c1ccc(NS(=O)(=O)c2ccc(C)c(C)c2)cc1. The van der Waals surface area contributed by atoms with Crippen LogP contribution in [0.15, 0.2) is 60.0 Å². The largest absolute Gasteiger partial charge is 0.449 e. The van der Waals surface area contributed by atoms with Crippen LogP contribution in [-0.2, 0) is 19.6 Å². The van der Waals surface area contributed by atoms with Crippen molar-refractivity contribution in [3.8, 4) is 0 Å². The molecule has 2 aromatic rings. The molecule has 0 aromatic heterocycles. The molecule has 0 unspecified atom stereocenters. The summed E-state index contributed by atoms with van der Waals surface area (Å²) >= 11 is 0. The zero-order valence-electron chi connectivity index (χ0n) is 16.6. The maximum Gasteiger partial charge on any atom is 0.338 e. The summed E-state index contributed by atoms with van der Waals surface area (Å²) in [4.78, 5) is 24.1. The number of nitrogens with one attached hydrogen (secondary N) is 2. The lowest BCUT2D eigenvalue weighted by Crippen LogP contribution is -2.35. The number of carbonyl (C=O) groups is 2. The molecular weight excluding hydrogens is 392 g/mol. The molecule has 2 N–H and O–H groups in total. The highest BCUT2D eigenvalue weighted by Crippen LogP contribution is 2.19. The van der Waals surface area contributed by atoms with Crippen molar-refractivity contribution in [2.75, 3.05) is 11.3 Å². The lowest BCUT2D eigenvalue weighted by atomic mass is 10.1. The molecule has 0 aliphatic carbocycles. The molecule has 0 bridgehead atoms. The molecule has 1 amide bonds. The minimum absolute atomic E-state index is 0.156. The van der Waals surface area contributed by atoms with Gasteiger partial charge in [-0.05, 0) is 68.3 Å².